The first-order valence-corrected chi connectivity index (χ1v) is 13.8. The number of carbonyl (C=O) groups is 2. The van der Waals surface area contributed by atoms with Gasteiger partial charge in [0, 0.05) is 39.6 Å². The van der Waals surface area contributed by atoms with Gasteiger partial charge in [0.05, 0.1) is 6.42 Å². The highest BCUT2D eigenvalue weighted by molar-refractivity contribution is 6.35. The molecule has 2 amide bonds. The number of rotatable bonds is 10. The van der Waals surface area contributed by atoms with Gasteiger partial charge >= 0.3 is 0 Å². The molecule has 39 heavy (non-hydrogen) atoms. The molecule has 1 atom stereocenters. The van der Waals surface area contributed by atoms with Gasteiger partial charge in [0.25, 0.3) is 0 Å². The molecule has 0 unspecified atom stereocenters. The molecule has 0 aromatic heterocycles. The second-order valence-electron chi connectivity index (χ2n) is 9.11. The number of benzene rings is 4. The van der Waals surface area contributed by atoms with Gasteiger partial charge in [-0.25, -0.2) is 0 Å². The van der Waals surface area contributed by atoms with Gasteiger partial charge in [0.2, 0.25) is 11.8 Å². The molecule has 4 aromatic carbocycles. The molecule has 0 aliphatic carbocycles. The maximum Gasteiger partial charge on any atom is 0.243 e. The monoisotopic (exact) mass is 598 g/mol. The van der Waals surface area contributed by atoms with Crippen molar-refractivity contribution in [3.8, 4) is 0 Å². The van der Waals surface area contributed by atoms with Crippen molar-refractivity contribution < 1.29 is 9.59 Å². The zero-order valence-electron chi connectivity index (χ0n) is 20.9. The molecule has 0 bridgehead atoms. The fraction of sp³-hybridized carbons (Fsp3) is 0.161. The Morgan fingerprint density at radius 1 is 0.692 bits per heavy atom. The molecular formula is C31H26Cl4N2O2. The second kappa shape index (κ2) is 13.9. The van der Waals surface area contributed by atoms with Crippen LogP contribution < -0.4 is 5.32 Å². The van der Waals surface area contributed by atoms with Crippen molar-refractivity contribution >= 4 is 58.2 Å². The number of carbonyl (C=O) groups excluding carboxylic acids is 2. The molecule has 4 rings (SSSR count). The van der Waals surface area contributed by atoms with Crippen LogP contribution in [0.2, 0.25) is 20.1 Å². The molecule has 4 nitrogen and oxygen atoms in total. The van der Waals surface area contributed by atoms with Crippen molar-refractivity contribution in [2.24, 2.45) is 0 Å². The summed E-state index contributed by atoms with van der Waals surface area (Å²) in [6, 6.07) is 28.4. The van der Waals surface area contributed by atoms with Gasteiger partial charge in [-0.15, -0.1) is 0 Å². The highest BCUT2D eigenvalue weighted by Crippen LogP contribution is 2.22. The predicted molar refractivity (Wildman–Crippen MR) is 159 cm³/mol. The van der Waals surface area contributed by atoms with Crippen molar-refractivity contribution in [1.82, 2.24) is 10.2 Å². The van der Waals surface area contributed by atoms with Crippen LogP contribution in [0.5, 0.6) is 0 Å². The van der Waals surface area contributed by atoms with E-state index in [1.807, 2.05) is 54.6 Å². The lowest BCUT2D eigenvalue weighted by Crippen LogP contribution is -2.50. The summed E-state index contributed by atoms with van der Waals surface area (Å²) in [7, 11) is 0. The Bertz CT molecular complexity index is 1410. The third kappa shape index (κ3) is 8.48. The maximum atomic E-state index is 13.8. The SMILES string of the molecule is O=C(NCc1ccc(Cl)cc1Cl)[C@H](Cc1ccccc1)N(Cc1ccc(Cl)cc1)C(=O)Cc1ccc(Cl)cc1. The Morgan fingerprint density at radius 2 is 1.28 bits per heavy atom. The zero-order valence-corrected chi connectivity index (χ0v) is 23.9. The van der Waals surface area contributed by atoms with E-state index in [1.165, 1.54) is 0 Å². The van der Waals surface area contributed by atoms with Gasteiger partial charge in [-0.2, -0.15) is 0 Å². The van der Waals surface area contributed by atoms with Gasteiger partial charge in [-0.1, -0.05) is 107 Å². The fourth-order valence-electron chi connectivity index (χ4n) is 4.18. The summed E-state index contributed by atoms with van der Waals surface area (Å²) in [5, 5.41) is 5.14. The van der Waals surface area contributed by atoms with Gasteiger partial charge in [-0.05, 0) is 58.7 Å². The third-order valence-electron chi connectivity index (χ3n) is 6.27. The van der Waals surface area contributed by atoms with Crippen molar-refractivity contribution in [2.45, 2.75) is 32.0 Å². The normalized spacial score (nSPS) is 11.6. The first-order chi connectivity index (χ1) is 18.8. The average Bonchev–Trinajstić information content (AvgIpc) is 2.93. The number of nitrogens with zero attached hydrogens (tertiary/aromatic N) is 1. The van der Waals surface area contributed by atoms with Crippen LogP contribution in [0.1, 0.15) is 22.3 Å². The largest absolute Gasteiger partial charge is 0.350 e. The minimum Gasteiger partial charge on any atom is -0.350 e. The van der Waals surface area contributed by atoms with Crippen LogP contribution in [0.25, 0.3) is 0 Å². The van der Waals surface area contributed by atoms with Crippen molar-refractivity contribution in [2.75, 3.05) is 0 Å². The molecule has 0 saturated carbocycles. The van der Waals surface area contributed by atoms with E-state index in [0.29, 0.717) is 26.5 Å². The van der Waals surface area contributed by atoms with Gasteiger partial charge in [-0.3, -0.25) is 9.59 Å². The molecule has 4 aromatic rings. The standard InChI is InChI=1S/C31H26Cl4N2O2/c32-25-11-6-22(7-12-25)17-30(38)37(20-23-8-13-26(33)14-9-23)29(16-21-4-2-1-3-5-21)31(39)36-19-24-10-15-27(34)18-28(24)35/h1-15,18,29H,16-17,19-20H2,(H,36,39)/t29-/m0/s1. The van der Waals surface area contributed by atoms with Crippen LogP contribution in [0.4, 0.5) is 0 Å². The second-order valence-corrected chi connectivity index (χ2v) is 10.8. The zero-order chi connectivity index (χ0) is 27.8. The third-order valence-corrected chi connectivity index (χ3v) is 7.36. The van der Waals surface area contributed by atoms with E-state index in [4.69, 9.17) is 46.4 Å². The van der Waals surface area contributed by atoms with Crippen molar-refractivity contribution in [1.29, 1.82) is 0 Å². The molecule has 0 fully saturated rings. The number of hydrogen-bond acceptors (Lipinski definition) is 2. The Labute approximate surface area is 248 Å². The Balaban J connectivity index is 1.65. The van der Waals surface area contributed by atoms with Crippen molar-refractivity contribution in [3.05, 3.63) is 139 Å². The van der Waals surface area contributed by atoms with Crippen LogP contribution in [-0.2, 0) is 35.5 Å². The molecule has 1 N–H and O–H groups in total. The number of amides is 2. The van der Waals surface area contributed by atoms with E-state index >= 15 is 0 Å². The van der Waals surface area contributed by atoms with E-state index in [1.54, 1.807) is 47.4 Å². The van der Waals surface area contributed by atoms with Crippen LogP contribution in [-0.4, -0.2) is 22.8 Å². The van der Waals surface area contributed by atoms with E-state index < -0.39 is 6.04 Å². The van der Waals surface area contributed by atoms with Gasteiger partial charge < -0.3 is 10.2 Å². The lowest BCUT2D eigenvalue weighted by Gasteiger charge is -2.32. The van der Waals surface area contributed by atoms with Gasteiger partial charge in [0.15, 0.2) is 0 Å². The quantitative estimate of drug-likeness (QED) is 0.202. The predicted octanol–water partition coefficient (Wildman–Crippen LogP) is 7.80. The number of nitrogens with one attached hydrogen (secondary N) is 1. The van der Waals surface area contributed by atoms with E-state index in [-0.39, 0.29) is 31.3 Å². The van der Waals surface area contributed by atoms with E-state index in [9.17, 15) is 9.59 Å². The van der Waals surface area contributed by atoms with Crippen molar-refractivity contribution in [3.63, 3.8) is 0 Å². The molecule has 200 valence electrons. The summed E-state index contributed by atoms with van der Waals surface area (Å²) >= 11 is 24.5. The summed E-state index contributed by atoms with van der Waals surface area (Å²) in [5.74, 6) is -0.476. The first kappa shape index (κ1) is 29.0. The minimum absolute atomic E-state index is 0.117. The molecular weight excluding hydrogens is 574 g/mol. The molecule has 8 heteroatoms. The minimum atomic E-state index is -0.783. The highest BCUT2D eigenvalue weighted by atomic mass is 35.5. The summed E-state index contributed by atoms with van der Waals surface area (Å²) < 4.78 is 0. The first-order valence-electron chi connectivity index (χ1n) is 12.3. The van der Waals surface area contributed by atoms with Gasteiger partial charge in [0.1, 0.15) is 6.04 Å². The fourth-order valence-corrected chi connectivity index (χ4v) is 4.91. The molecule has 0 heterocycles. The van der Waals surface area contributed by atoms with E-state index in [0.717, 1.165) is 22.3 Å². The number of hydrogen-bond donors (Lipinski definition) is 1. The molecule has 0 aliphatic rings. The van der Waals surface area contributed by atoms with Crippen LogP contribution in [0.3, 0.4) is 0 Å². The Kier molecular flexibility index (Phi) is 10.3. The Hall–Kier alpha value is -3.02. The highest BCUT2D eigenvalue weighted by Gasteiger charge is 2.30. The van der Waals surface area contributed by atoms with Crippen LogP contribution in [0.15, 0.2) is 97.1 Å². The van der Waals surface area contributed by atoms with E-state index in [2.05, 4.69) is 5.32 Å². The topological polar surface area (TPSA) is 49.4 Å². The average molecular weight is 600 g/mol. The summed E-state index contributed by atoms with van der Waals surface area (Å²) in [6.07, 6.45) is 0.452. The van der Waals surface area contributed by atoms with Crippen LogP contribution in [0, 0.1) is 0 Å². The smallest absolute Gasteiger partial charge is 0.243 e. The lowest BCUT2D eigenvalue weighted by atomic mass is 10.0. The molecule has 0 aliphatic heterocycles. The maximum absolute atomic E-state index is 13.8. The molecule has 0 saturated heterocycles. The summed E-state index contributed by atoms with van der Waals surface area (Å²) in [5.41, 5.74) is 3.32. The van der Waals surface area contributed by atoms with Crippen LogP contribution >= 0.6 is 46.4 Å². The Morgan fingerprint density at radius 3 is 1.90 bits per heavy atom. The summed E-state index contributed by atoms with van der Waals surface area (Å²) in [4.78, 5) is 29.2. The molecule has 0 radical (unpaired) electrons. The lowest BCUT2D eigenvalue weighted by molar-refractivity contribution is -0.140. The summed E-state index contributed by atoms with van der Waals surface area (Å²) in [6.45, 7) is 0.427. The number of halogens is 4. The molecule has 0 spiro atoms.